The average Bonchev–Trinajstić information content (AvgIpc) is 3.14. The lowest BCUT2D eigenvalue weighted by molar-refractivity contribution is -0.140. The van der Waals surface area contributed by atoms with Crippen LogP contribution in [0.15, 0.2) is 35.9 Å². The molecule has 2 saturated heterocycles. The van der Waals surface area contributed by atoms with E-state index in [1.54, 1.807) is 24.3 Å². The first-order valence-electron chi connectivity index (χ1n) is 11.2. The molecule has 0 aromatic heterocycles. The molecular formula is C25H24Cl2N2O6. The van der Waals surface area contributed by atoms with E-state index in [-0.39, 0.29) is 29.7 Å². The topological polar surface area (TPSA) is 104 Å². The molecule has 1 N–H and O–H groups in total. The Morgan fingerprint density at radius 3 is 2.46 bits per heavy atom. The summed E-state index contributed by atoms with van der Waals surface area (Å²) in [6, 6.07) is 4.76. The maximum atomic E-state index is 13.4. The minimum Gasteiger partial charge on any atom is -0.504 e. The number of carbonyl (C=O) groups excluding carboxylic acids is 4. The third kappa shape index (κ3) is 2.99. The van der Waals surface area contributed by atoms with Gasteiger partial charge in [-0.05, 0) is 36.5 Å². The first-order chi connectivity index (χ1) is 16.5. The predicted molar refractivity (Wildman–Crippen MR) is 128 cm³/mol. The number of ether oxygens (including phenoxy) is 1. The van der Waals surface area contributed by atoms with Crippen molar-refractivity contribution in [3.63, 3.8) is 0 Å². The zero-order chi connectivity index (χ0) is 25.4. The molecule has 1 aromatic carbocycles. The number of halogens is 2. The molecule has 0 bridgehead atoms. The summed E-state index contributed by atoms with van der Waals surface area (Å²) in [5.41, 5.74) is 1.39. The van der Waals surface area contributed by atoms with Crippen molar-refractivity contribution in [1.82, 2.24) is 9.80 Å². The highest BCUT2D eigenvalue weighted by Gasteiger charge is 2.75. The van der Waals surface area contributed by atoms with E-state index in [0.29, 0.717) is 12.0 Å². The van der Waals surface area contributed by atoms with Gasteiger partial charge in [0, 0.05) is 20.0 Å². The van der Waals surface area contributed by atoms with Crippen LogP contribution in [0.5, 0.6) is 11.5 Å². The molecule has 6 unspecified atom stereocenters. The van der Waals surface area contributed by atoms with Gasteiger partial charge in [-0.1, -0.05) is 29.9 Å². The van der Waals surface area contributed by atoms with E-state index in [0.717, 1.165) is 15.4 Å². The van der Waals surface area contributed by atoms with Gasteiger partial charge in [-0.2, -0.15) is 0 Å². The van der Waals surface area contributed by atoms with Crippen molar-refractivity contribution < 1.29 is 29.0 Å². The van der Waals surface area contributed by atoms with Gasteiger partial charge >= 0.3 is 0 Å². The van der Waals surface area contributed by atoms with Gasteiger partial charge < -0.3 is 9.84 Å². The Hall–Kier alpha value is -2.84. The molecule has 5 rings (SSSR count). The average molecular weight is 519 g/mol. The Morgan fingerprint density at radius 1 is 1.06 bits per heavy atom. The number of benzene rings is 1. The summed E-state index contributed by atoms with van der Waals surface area (Å²) in [6.45, 7) is 0. The number of methoxy groups -OCH3 is 1. The van der Waals surface area contributed by atoms with E-state index in [1.165, 1.54) is 27.3 Å². The highest BCUT2D eigenvalue weighted by Crippen LogP contribution is 2.62. The number of likely N-dealkylation sites (tertiary alicyclic amines) is 2. The molecule has 6 atom stereocenters. The van der Waals surface area contributed by atoms with Gasteiger partial charge in [0.1, 0.15) is 0 Å². The van der Waals surface area contributed by atoms with Gasteiger partial charge in [0.2, 0.25) is 11.8 Å². The Labute approximate surface area is 212 Å². The van der Waals surface area contributed by atoms with Crippen LogP contribution in [0.2, 0.25) is 0 Å². The SMILES string of the molecule is COc1cc(C=CC2C3=CCC4C(=O)N(C)C(=O)C4C3CC3(Cl)C(=O)N(C)C(=O)C23Cl)ccc1O. The maximum absolute atomic E-state index is 13.4. The number of carbonyl (C=O) groups is 4. The zero-order valence-corrected chi connectivity index (χ0v) is 20.8. The second-order valence-corrected chi connectivity index (χ2v) is 10.8. The Balaban J connectivity index is 1.65. The van der Waals surface area contributed by atoms with Crippen molar-refractivity contribution in [2.24, 2.45) is 23.7 Å². The third-order valence-corrected chi connectivity index (χ3v) is 9.41. The van der Waals surface area contributed by atoms with Gasteiger partial charge in [-0.3, -0.25) is 29.0 Å². The lowest BCUT2D eigenvalue weighted by Crippen LogP contribution is -2.60. The lowest BCUT2D eigenvalue weighted by atomic mass is 9.57. The van der Waals surface area contributed by atoms with Crippen LogP contribution in [0.1, 0.15) is 18.4 Å². The van der Waals surface area contributed by atoms with Crippen LogP contribution >= 0.6 is 23.2 Å². The molecule has 4 aliphatic rings. The van der Waals surface area contributed by atoms with E-state index in [1.807, 2.05) is 6.08 Å². The second kappa shape index (κ2) is 7.83. The zero-order valence-electron chi connectivity index (χ0n) is 19.3. The number of allylic oxidation sites excluding steroid dienone is 3. The molecule has 10 heteroatoms. The molecule has 35 heavy (non-hydrogen) atoms. The van der Waals surface area contributed by atoms with Gasteiger partial charge in [-0.25, -0.2) is 0 Å². The van der Waals surface area contributed by atoms with Crippen molar-refractivity contribution in [3.8, 4) is 11.5 Å². The number of rotatable bonds is 3. The second-order valence-electron chi connectivity index (χ2n) is 9.57. The number of fused-ring (bicyclic) bond motifs is 4. The fourth-order valence-electron chi connectivity index (χ4n) is 6.15. The summed E-state index contributed by atoms with van der Waals surface area (Å²) in [4.78, 5) is 50.8. The van der Waals surface area contributed by atoms with Crippen LogP contribution < -0.4 is 4.74 Å². The number of hydrogen-bond donors (Lipinski definition) is 1. The third-order valence-electron chi connectivity index (χ3n) is 7.98. The largest absolute Gasteiger partial charge is 0.504 e. The van der Waals surface area contributed by atoms with E-state index in [4.69, 9.17) is 27.9 Å². The number of hydrogen-bond acceptors (Lipinski definition) is 6. The first-order valence-corrected chi connectivity index (χ1v) is 12.0. The number of aromatic hydroxyl groups is 1. The Kier molecular flexibility index (Phi) is 5.34. The molecule has 2 heterocycles. The number of phenolic OH excluding ortho intramolecular Hbond substituents is 1. The summed E-state index contributed by atoms with van der Waals surface area (Å²) in [5, 5.41) is 9.90. The molecule has 2 aliphatic carbocycles. The minimum atomic E-state index is -1.80. The summed E-state index contributed by atoms with van der Waals surface area (Å²) in [7, 11) is 4.24. The molecule has 4 amide bonds. The highest BCUT2D eigenvalue weighted by molar-refractivity contribution is 6.53. The minimum absolute atomic E-state index is 0.0236. The molecule has 0 spiro atoms. The first kappa shape index (κ1) is 23.9. The number of imide groups is 2. The van der Waals surface area contributed by atoms with Gasteiger partial charge in [-0.15, -0.1) is 23.2 Å². The summed E-state index contributed by atoms with van der Waals surface area (Å²) < 4.78 is 5.17. The highest BCUT2D eigenvalue weighted by atomic mass is 35.5. The van der Waals surface area contributed by atoms with Gasteiger partial charge in [0.25, 0.3) is 11.8 Å². The maximum Gasteiger partial charge on any atom is 0.253 e. The van der Waals surface area contributed by atoms with E-state index in [2.05, 4.69) is 0 Å². The Bertz CT molecular complexity index is 1240. The molecule has 2 aliphatic heterocycles. The van der Waals surface area contributed by atoms with Gasteiger partial charge in [0.05, 0.1) is 18.9 Å². The number of nitrogens with zero attached hydrogens (tertiary/aromatic N) is 2. The molecule has 1 saturated carbocycles. The smallest absolute Gasteiger partial charge is 0.253 e. The van der Waals surface area contributed by atoms with Crippen molar-refractivity contribution in [2.45, 2.75) is 22.6 Å². The number of phenols is 1. The fraction of sp³-hybridized carbons (Fsp3) is 0.440. The standard InChI is InChI=1S/C25H24Cl2N2O6/c1-28-20(31)14-7-6-13-15(19(14)21(28)32)11-24(26)22(33)29(2)23(34)25(24,27)16(13)8-4-12-5-9-17(30)18(10-12)35-3/h4-6,8-10,14-16,19,30H,7,11H2,1-3H3. The molecule has 1 aromatic rings. The van der Waals surface area contributed by atoms with Crippen molar-refractivity contribution in [2.75, 3.05) is 21.2 Å². The van der Waals surface area contributed by atoms with Crippen LogP contribution in [0.4, 0.5) is 0 Å². The van der Waals surface area contributed by atoms with Crippen molar-refractivity contribution in [1.29, 1.82) is 0 Å². The van der Waals surface area contributed by atoms with E-state index in [9.17, 15) is 24.3 Å². The number of amides is 4. The molecule has 184 valence electrons. The molecular weight excluding hydrogens is 495 g/mol. The van der Waals surface area contributed by atoms with Crippen molar-refractivity contribution in [3.05, 3.63) is 41.5 Å². The quantitative estimate of drug-likeness (QED) is 0.374. The van der Waals surface area contributed by atoms with Crippen LogP contribution in [0, 0.1) is 23.7 Å². The van der Waals surface area contributed by atoms with Crippen LogP contribution in [0.3, 0.4) is 0 Å². The van der Waals surface area contributed by atoms with E-state index < -0.39 is 45.2 Å². The lowest BCUT2D eigenvalue weighted by Gasteiger charge is -2.49. The Morgan fingerprint density at radius 2 is 1.77 bits per heavy atom. The summed E-state index contributed by atoms with van der Waals surface area (Å²) >= 11 is 14.0. The van der Waals surface area contributed by atoms with Crippen LogP contribution in [-0.4, -0.2) is 69.5 Å². The van der Waals surface area contributed by atoms with Gasteiger partial charge in [0.15, 0.2) is 21.2 Å². The van der Waals surface area contributed by atoms with Crippen LogP contribution in [-0.2, 0) is 19.2 Å². The molecule has 0 radical (unpaired) electrons. The molecule has 3 fully saturated rings. The predicted octanol–water partition coefficient (Wildman–Crippen LogP) is 2.57. The van der Waals surface area contributed by atoms with Crippen molar-refractivity contribution >= 4 is 52.9 Å². The van der Waals surface area contributed by atoms with E-state index >= 15 is 0 Å². The van der Waals surface area contributed by atoms with Crippen LogP contribution in [0.25, 0.3) is 6.08 Å². The fourth-order valence-corrected chi connectivity index (χ4v) is 7.13. The normalized spacial score (nSPS) is 36.4. The monoisotopic (exact) mass is 518 g/mol. The summed E-state index contributed by atoms with van der Waals surface area (Å²) in [5.74, 6) is -4.06. The molecule has 8 nitrogen and oxygen atoms in total. The summed E-state index contributed by atoms with van der Waals surface area (Å²) in [6.07, 6.45) is 5.61. The number of alkyl halides is 2.